The molecule has 108 valence electrons. The molecule has 6 nitrogen and oxygen atoms in total. The van der Waals surface area contributed by atoms with Gasteiger partial charge >= 0.3 is 0 Å². The van der Waals surface area contributed by atoms with E-state index in [1.807, 2.05) is 4.68 Å². The summed E-state index contributed by atoms with van der Waals surface area (Å²) in [6, 6.07) is 0. The fraction of sp³-hybridized carbons (Fsp3) is 0.846. The van der Waals surface area contributed by atoms with Crippen molar-refractivity contribution in [3.05, 3.63) is 12.2 Å². The first kappa shape index (κ1) is 14.4. The Hall–Kier alpha value is -0.980. The SMILES string of the molecule is COCCNCc1ncnn1CCCC1CCCO1. The minimum absolute atomic E-state index is 0.465. The van der Waals surface area contributed by atoms with Crippen molar-refractivity contribution < 1.29 is 9.47 Å². The first-order chi connectivity index (χ1) is 9.40. The Morgan fingerprint density at radius 2 is 2.53 bits per heavy atom. The number of ether oxygens (including phenoxy) is 2. The third-order valence-electron chi connectivity index (χ3n) is 3.38. The summed E-state index contributed by atoms with van der Waals surface area (Å²) >= 11 is 0. The molecule has 1 N–H and O–H groups in total. The smallest absolute Gasteiger partial charge is 0.140 e. The van der Waals surface area contributed by atoms with Crippen LogP contribution in [0.15, 0.2) is 6.33 Å². The largest absolute Gasteiger partial charge is 0.383 e. The zero-order valence-corrected chi connectivity index (χ0v) is 11.7. The molecule has 0 spiro atoms. The summed E-state index contributed by atoms with van der Waals surface area (Å²) in [6.07, 6.45) is 6.73. The van der Waals surface area contributed by atoms with Crippen molar-refractivity contribution in [1.29, 1.82) is 0 Å². The number of aromatic nitrogens is 3. The van der Waals surface area contributed by atoms with Crippen molar-refractivity contribution in [2.45, 2.75) is 44.9 Å². The van der Waals surface area contributed by atoms with Crippen molar-refractivity contribution in [3.63, 3.8) is 0 Å². The van der Waals surface area contributed by atoms with Crippen LogP contribution < -0.4 is 5.32 Å². The van der Waals surface area contributed by atoms with Gasteiger partial charge in [-0.1, -0.05) is 0 Å². The zero-order valence-electron chi connectivity index (χ0n) is 11.7. The van der Waals surface area contributed by atoms with Gasteiger partial charge in [0.25, 0.3) is 0 Å². The van der Waals surface area contributed by atoms with E-state index in [4.69, 9.17) is 9.47 Å². The Labute approximate surface area is 114 Å². The summed E-state index contributed by atoms with van der Waals surface area (Å²) in [7, 11) is 1.70. The summed E-state index contributed by atoms with van der Waals surface area (Å²) in [6.45, 7) is 4.14. The maximum Gasteiger partial charge on any atom is 0.140 e. The van der Waals surface area contributed by atoms with Crippen LogP contribution in [0.3, 0.4) is 0 Å². The molecular weight excluding hydrogens is 244 g/mol. The van der Waals surface area contributed by atoms with Gasteiger partial charge < -0.3 is 14.8 Å². The molecule has 2 heterocycles. The van der Waals surface area contributed by atoms with E-state index in [0.717, 1.165) is 44.9 Å². The normalized spacial score (nSPS) is 19.1. The molecule has 0 bridgehead atoms. The Kier molecular flexibility index (Phi) is 6.26. The minimum Gasteiger partial charge on any atom is -0.383 e. The topological polar surface area (TPSA) is 61.2 Å². The quantitative estimate of drug-likeness (QED) is 0.676. The summed E-state index contributed by atoms with van der Waals surface area (Å²) in [5.41, 5.74) is 0. The van der Waals surface area contributed by atoms with Crippen LogP contribution in [0.5, 0.6) is 0 Å². The molecule has 1 atom stereocenters. The number of hydrogen-bond donors (Lipinski definition) is 1. The molecule has 1 aliphatic rings. The Morgan fingerprint density at radius 1 is 1.58 bits per heavy atom. The van der Waals surface area contributed by atoms with Crippen LogP contribution in [0.4, 0.5) is 0 Å². The van der Waals surface area contributed by atoms with E-state index in [1.165, 1.54) is 12.8 Å². The molecule has 0 aromatic carbocycles. The van der Waals surface area contributed by atoms with Gasteiger partial charge in [-0.05, 0) is 25.7 Å². The van der Waals surface area contributed by atoms with Gasteiger partial charge in [-0.2, -0.15) is 5.10 Å². The van der Waals surface area contributed by atoms with E-state index in [-0.39, 0.29) is 0 Å². The fourth-order valence-electron chi connectivity index (χ4n) is 2.33. The number of nitrogens with zero attached hydrogens (tertiary/aromatic N) is 3. The zero-order chi connectivity index (χ0) is 13.3. The lowest BCUT2D eigenvalue weighted by molar-refractivity contribution is 0.101. The maximum atomic E-state index is 5.62. The minimum atomic E-state index is 0.465. The van der Waals surface area contributed by atoms with Crippen LogP contribution in [-0.2, 0) is 22.6 Å². The highest BCUT2D eigenvalue weighted by atomic mass is 16.5. The van der Waals surface area contributed by atoms with E-state index >= 15 is 0 Å². The van der Waals surface area contributed by atoms with Crippen LogP contribution in [0.25, 0.3) is 0 Å². The van der Waals surface area contributed by atoms with E-state index < -0.39 is 0 Å². The van der Waals surface area contributed by atoms with Crippen molar-refractivity contribution in [3.8, 4) is 0 Å². The Morgan fingerprint density at radius 3 is 3.32 bits per heavy atom. The van der Waals surface area contributed by atoms with Crippen LogP contribution in [0, 0.1) is 0 Å². The highest BCUT2D eigenvalue weighted by Gasteiger charge is 2.15. The van der Waals surface area contributed by atoms with Gasteiger partial charge in [-0.15, -0.1) is 0 Å². The van der Waals surface area contributed by atoms with Gasteiger partial charge in [0.2, 0.25) is 0 Å². The molecule has 2 rings (SSSR count). The average molecular weight is 268 g/mol. The lowest BCUT2D eigenvalue weighted by atomic mass is 10.1. The van der Waals surface area contributed by atoms with Crippen molar-refractivity contribution in [1.82, 2.24) is 20.1 Å². The summed E-state index contributed by atoms with van der Waals surface area (Å²) in [5.74, 6) is 0.989. The van der Waals surface area contributed by atoms with Crippen LogP contribution in [0.2, 0.25) is 0 Å². The second-order valence-corrected chi connectivity index (χ2v) is 4.85. The van der Waals surface area contributed by atoms with Gasteiger partial charge in [0.1, 0.15) is 12.2 Å². The second kappa shape index (κ2) is 8.24. The molecule has 1 aliphatic heterocycles. The molecule has 1 fully saturated rings. The number of rotatable bonds is 9. The second-order valence-electron chi connectivity index (χ2n) is 4.85. The van der Waals surface area contributed by atoms with Gasteiger partial charge in [-0.3, -0.25) is 0 Å². The molecule has 6 heteroatoms. The molecule has 1 saturated heterocycles. The first-order valence-electron chi connectivity index (χ1n) is 7.08. The predicted octanol–water partition coefficient (Wildman–Crippen LogP) is 0.973. The standard InChI is InChI=1S/C13H24N4O2/c1-18-9-6-14-10-13-15-11-16-17(13)7-2-4-12-5-3-8-19-12/h11-12,14H,2-10H2,1H3. The third-order valence-corrected chi connectivity index (χ3v) is 3.38. The highest BCUT2D eigenvalue weighted by molar-refractivity contribution is 4.83. The maximum absolute atomic E-state index is 5.62. The number of methoxy groups -OCH3 is 1. The van der Waals surface area contributed by atoms with Gasteiger partial charge in [0, 0.05) is 26.8 Å². The van der Waals surface area contributed by atoms with E-state index in [1.54, 1.807) is 13.4 Å². The summed E-state index contributed by atoms with van der Waals surface area (Å²) in [4.78, 5) is 4.28. The Bertz CT molecular complexity index is 350. The van der Waals surface area contributed by atoms with Gasteiger partial charge in [0.15, 0.2) is 0 Å². The summed E-state index contributed by atoms with van der Waals surface area (Å²) in [5, 5.41) is 7.56. The average Bonchev–Trinajstić information content (AvgIpc) is 3.07. The van der Waals surface area contributed by atoms with E-state index in [9.17, 15) is 0 Å². The van der Waals surface area contributed by atoms with E-state index in [0.29, 0.717) is 12.7 Å². The molecule has 1 unspecified atom stereocenters. The molecule has 1 aromatic rings. The van der Waals surface area contributed by atoms with Crippen molar-refractivity contribution in [2.75, 3.05) is 26.9 Å². The highest BCUT2D eigenvalue weighted by Crippen LogP contribution is 2.17. The van der Waals surface area contributed by atoms with Gasteiger partial charge in [-0.25, -0.2) is 9.67 Å². The molecule has 0 radical (unpaired) electrons. The van der Waals surface area contributed by atoms with Crippen LogP contribution >= 0.6 is 0 Å². The van der Waals surface area contributed by atoms with Crippen molar-refractivity contribution >= 4 is 0 Å². The van der Waals surface area contributed by atoms with Crippen LogP contribution in [-0.4, -0.2) is 47.7 Å². The summed E-state index contributed by atoms with van der Waals surface area (Å²) < 4.78 is 12.6. The number of nitrogens with one attached hydrogen (secondary N) is 1. The molecule has 0 amide bonds. The van der Waals surface area contributed by atoms with E-state index in [2.05, 4.69) is 15.4 Å². The molecule has 1 aromatic heterocycles. The lowest BCUT2D eigenvalue weighted by Gasteiger charge is -2.10. The molecule has 0 saturated carbocycles. The van der Waals surface area contributed by atoms with Gasteiger partial charge in [0.05, 0.1) is 19.3 Å². The number of hydrogen-bond acceptors (Lipinski definition) is 5. The predicted molar refractivity (Wildman–Crippen MR) is 71.8 cm³/mol. The third kappa shape index (κ3) is 4.89. The number of aryl methyl sites for hydroxylation is 1. The first-order valence-corrected chi connectivity index (χ1v) is 7.08. The lowest BCUT2D eigenvalue weighted by Crippen LogP contribution is -2.21. The molecular formula is C13H24N4O2. The molecule has 0 aliphatic carbocycles. The van der Waals surface area contributed by atoms with Crippen molar-refractivity contribution in [2.24, 2.45) is 0 Å². The Balaban J connectivity index is 1.66. The fourth-order valence-corrected chi connectivity index (χ4v) is 2.33. The monoisotopic (exact) mass is 268 g/mol. The molecule has 19 heavy (non-hydrogen) atoms. The van der Waals surface area contributed by atoms with Crippen LogP contribution in [0.1, 0.15) is 31.5 Å².